The molecule has 0 radical (unpaired) electrons. The summed E-state index contributed by atoms with van der Waals surface area (Å²) in [6, 6.07) is 16.6. The standard InChI is InChI=1S/C17H21NO/c1-13(2)12-18-15-10-8-14(9-11-15)16-6-4-5-7-17(16)19-3/h4-11,13,18H,12H2,1-3H3. The first-order valence-electron chi connectivity index (χ1n) is 6.68. The summed E-state index contributed by atoms with van der Waals surface area (Å²) in [6.07, 6.45) is 0. The summed E-state index contributed by atoms with van der Waals surface area (Å²) >= 11 is 0. The lowest BCUT2D eigenvalue weighted by Crippen LogP contribution is -2.07. The average molecular weight is 255 g/mol. The topological polar surface area (TPSA) is 21.3 Å². The Kier molecular flexibility index (Phi) is 4.45. The molecule has 2 aromatic carbocycles. The molecule has 2 heteroatoms. The first-order chi connectivity index (χ1) is 9.20. The van der Waals surface area contributed by atoms with Crippen LogP contribution in [0, 0.1) is 5.92 Å². The van der Waals surface area contributed by atoms with Gasteiger partial charge in [0.15, 0.2) is 0 Å². The van der Waals surface area contributed by atoms with Crippen LogP contribution in [0.15, 0.2) is 48.5 Å². The largest absolute Gasteiger partial charge is 0.496 e. The SMILES string of the molecule is COc1ccccc1-c1ccc(NCC(C)C)cc1. The van der Waals surface area contributed by atoms with E-state index in [2.05, 4.69) is 49.5 Å². The Morgan fingerprint density at radius 1 is 1.00 bits per heavy atom. The second-order valence-corrected chi connectivity index (χ2v) is 5.05. The molecule has 100 valence electrons. The molecule has 19 heavy (non-hydrogen) atoms. The van der Waals surface area contributed by atoms with Gasteiger partial charge in [-0.25, -0.2) is 0 Å². The van der Waals surface area contributed by atoms with E-state index < -0.39 is 0 Å². The van der Waals surface area contributed by atoms with E-state index in [0.717, 1.165) is 23.5 Å². The van der Waals surface area contributed by atoms with Gasteiger partial charge in [0, 0.05) is 17.8 Å². The molecule has 0 unspecified atom stereocenters. The minimum Gasteiger partial charge on any atom is -0.496 e. The van der Waals surface area contributed by atoms with Gasteiger partial charge in [0.25, 0.3) is 0 Å². The van der Waals surface area contributed by atoms with E-state index in [9.17, 15) is 0 Å². The molecule has 1 N–H and O–H groups in total. The number of rotatable bonds is 5. The molecule has 2 rings (SSSR count). The molecule has 2 nitrogen and oxygen atoms in total. The third-order valence-electron chi connectivity index (χ3n) is 3.02. The van der Waals surface area contributed by atoms with Gasteiger partial charge in [0.2, 0.25) is 0 Å². The fraction of sp³-hybridized carbons (Fsp3) is 0.294. The van der Waals surface area contributed by atoms with E-state index in [4.69, 9.17) is 4.74 Å². The van der Waals surface area contributed by atoms with Gasteiger partial charge in [-0.2, -0.15) is 0 Å². The van der Waals surface area contributed by atoms with E-state index in [1.54, 1.807) is 7.11 Å². The summed E-state index contributed by atoms with van der Waals surface area (Å²) < 4.78 is 5.39. The lowest BCUT2D eigenvalue weighted by molar-refractivity contribution is 0.416. The van der Waals surface area contributed by atoms with Gasteiger partial charge < -0.3 is 10.1 Å². The summed E-state index contributed by atoms with van der Waals surface area (Å²) in [7, 11) is 1.71. The fourth-order valence-electron chi connectivity index (χ4n) is 1.97. The van der Waals surface area contributed by atoms with E-state index in [1.165, 1.54) is 5.56 Å². The van der Waals surface area contributed by atoms with E-state index >= 15 is 0 Å². The molecular formula is C17H21NO. The molecule has 0 aliphatic carbocycles. The first kappa shape index (κ1) is 13.5. The number of nitrogens with one attached hydrogen (secondary N) is 1. The minimum atomic E-state index is 0.647. The number of anilines is 1. The van der Waals surface area contributed by atoms with Crippen molar-refractivity contribution in [2.75, 3.05) is 19.0 Å². The van der Waals surface area contributed by atoms with E-state index in [1.807, 2.05) is 18.2 Å². The maximum absolute atomic E-state index is 5.39. The number of benzene rings is 2. The number of para-hydroxylation sites is 1. The second kappa shape index (κ2) is 6.28. The zero-order valence-electron chi connectivity index (χ0n) is 11.8. The molecule has 0 atom stereocenters. The van der Waals surface area contributed by atoms with Crippen molar-refractivity contribution in [3.05, 3.63) is 48.5 Å². The molecule has 0 spiro atoms. The summed E-state index contributed by atoms with van der Waals surface area (Å²) in [5.41, 5.74) is 3.46. The molecule has 0 fully saturated rings. The van der Waals surface area contributed by atoms with Gasteiger partial charge in [-0.3, -0.25) is 0 Å². The lowest BCUT2D eigenvalue weighted by atomic mass is 10.0. The predicted molar refractivity (Wildman–Crippen MR) is 81.8 cm³/mol. The van der Waals surface area contributed by atoms with Crippen LogP contribution < -0.4 is 10.1 Å². The van der Waals surface area contributed by atoms with Crippen LogP contribution in [0.2, 0.25) is 0 Å². The van der Waals surface area contributed by atoms with Gasteiger partial charge in [0.1, 0.15) is 5.75 Å². The molecule has 0 aromatic heterocycles. The van der Waals surface area contributed by atoms with Crippen LogP contribution in [-0.2, 0) is 0 Å². The van der Waals surface area contributed by atoms with Crippen LogP contribution in [-0.4, -0.2) is 13.7 Å². The molecule has 0 saturated heterocycles. The van der Waals surface area contributed by atoms with Crippen molar-refractivity contribution in [1.82, 2.24) is 0 Å². The highest BCUT2D eigenvalue weighted by Gasteiger charge is 2.04. The van der Waals surface area contributed by atoms with Crippen molar-refractivity contribution < 1.29 is 4.74 Å². The van der Waals surface area contributed by atoms with Crippen molar-refractivity contribution in [3.63, 3.8) is 0 Å². The van der Waals surface area contributed by atoms with E-state index in [-0.39, 0.29) is 0 Å². The molecular weight excluding hydrogens is 234 g/mol. The summed E-state index contributed by atoms with van der Waals surface area (Å²) in [4.78, 5) is 0. The second-order valence-electron chi connectivity index (χ2n) is 5.05. The van der Waals surface area contributed by atoms with Gasteiger partial charge >= 0.3 is 0 Å². The van der Waals surface area contributed by atoms with Crippen LogP contribution in [0.4, 0.5) is 5.69 Å². The third kappa shape index (κ3) is 3.50. The molecule has 0 heterocycles. The smallest absolute Gasteiger partial charge is 0.126 e. The Bertz CT molecular complexity index is 517. The normalized spacial score (nSPS) is 10.5. The van der Waals surface area contributed by atoms with Crippen molar-refractivity contribution in [3.8, 4) is 16.9 Å². The zero-order chi connectivity index (χ0) is 13.7. The quantitative estimate of drug-likeness (QED) is 0.853. The van der Waals surface area contributed by atoms with Gasteiger partial charge in [0.05, 0.1) is 7.11 Å². The minimum absolute atomic E-state index is 0.647. The summed E-state index contributed by atoms with van der Waals surface area (Å²) in [5.74, 6) is 1.55. The lowest BCUT2D eigenvalue weighted by Gasteiger charge is -2.11. The number of ether oxygens (including phenoxy) is 1. The molecule has 0 saturated carbocycles. The zero-order valence-corrected chi connectivity index (χ0v) is 11.8. The fourth-order valence-corrected chi connectivity index (χ4v) is 1.97. The average Bonchev–Trinajstić information content (AvgIpc) is 2.45. The van der Waals surface area contributed by atoms with Crippen molar-refractivity contribution in [2.45, 2.75) is 13.8 Å². The van der Waals surface area contributed by atoms with Crippen molar-refractivity contribution >= 4 is 5.69 Å². The van der Waals surface area contributed by atoms with Crippen molar-refractivity contribution in [1.29, 1.82) is 0 Å². The Balaban J connectivity index is 2.18. The molecule has 0 aliphatic heterocycles. The van der Waals surface area contributed by atoms with E-state index in [0.29, 0.717) is 5.92 Å². The molecule has 0 bridgehead atoms. The van der Waals surface area contributed by atoms with Gasteiger partial charge in [-0.15, -0.1) is 0 Å². The first-order valence-corrected chi connectivity index (χ1v) is 6.68. The number of methoxy groups -OCH3 is 1. The number of hydrogen-bond donors (Lipinski definition) is 1. The summed E-state index contributed by atoms with van der Waals surface area (Å²) in [6.45, 7) is 5.40. The molecule has 0 aliphatic rings. The maximum atomic E-state index is 5.39. The third-order valence-corrected chi connectivity index (χ3v) is 3.02. The maximum Gasteiger partial charge on any atom is 0.126 e. The highest BCUT2D eigenvalue weighted by atomic mass is 16.5. The Hall–Kier alpha value is -1.96. The van der Waals surface area contributed by atoms with Crippen LogP contribution in [0.3, 0.4) is 0 Å². The van der Waals surface area contributed by atoms with Crippen LogP contribution in [0.5, 0.6) is 5.75 Å². The van der Waals surface area contributed by atoms with Crippen molar-refractivity contribution in [2.24, 2.45) is 5.92 Å². The van der Waals surface area contributed by atoms with Crippen LogP contribution in [0.1, 0.15) is 13.8 Å². The molecule has 2 aromatic rings. The van der Waals surface area contributed by atoms with Gasteiger partial charge in [-0.05, 0) is 29.7 Å². The predicted octanol–water partition coefficient (Wildman–Crippen LogP) is 4.43. The Labute approximate surface area is 115 Å². The van der Waals surface area contributed by atoms with Gasteiger partial charge in [-0.1, -0.05) is 44.2 Å². The molecule has 0 amide bonds. The Morgan fingerprint density at radius 3 is 2.32 bits per heavy atom. The van der Waals surface area contributed by atoms with Crippen LogP contribution >= 0.6 is 0 Å². The van der Waals surface area contributed by atoms with Crippen LogP contribution in [0.25, 0.3) is 11.1 Å². The summed E-state index contributed by atoms with van der Waals surface area (Å²) in [5, 5.41) is 3.42. The monoisotopic (exact) mass is 255 g/mol. The number of hydrogen-bond acceptors (Lipinski definition) is 2. The Morgan fingerprint density at radius 2 is 1.68 bits per heavy atom. The highest BCUT2D eigenvalue weighted by molar-refractivity contribution is 5.71. The highest BCUT2D eigenvalue weighted by Crippen LogP contribution is 2.30.